The fourth-order valence-corrected chi connectivity index (χ4v) is 6.43. The minimum absolute atomic E-state index is 0.0574. The van der Waals surface area contributed by atoms with Crippen LogP contribution < -0.4 is 5.73 Å². The number of imidazole rings is 1. The molecule has 1 aliphatic heterocycles. The largest absolute Gasteiger partial charge is 0.396 e. The van der Waals surface area contributed by atoms with Crippen molar-refractivity contribution in [2.45, 2.75) is 18.0 Å². The lowest BCUT2D eigenvalue weighted by molar-refractivity contribution is 0.336. The van der Waals surface area contributed by atoms with Gasteiger partial charge in [0.05, 0.1) is 17.9 Å². The van der Waals surface area contributed by atoms with Crippen LogP contribution in [0.1, 0.15) is 5.82 Å². The van der Waals surface area contributed by atoms with Crippen molar-refractivity contribution in [3.63, 3.8) is 0 Å². The molecule has 6 nitrogen and oxygen atoms in total. The number of benzene rings is 2. The van der Waals surface area contributed by atoms with Gasteiger partial charge < -0.3 is 10.3 Å². The van der Waals surface area contributed by atoms with Crippen LogP contribution in [0.3, 0.4) is 0 Å². The Morgan fingerprint density at radius 2 is 1.97 bits per heavy atom. The first-order valence-electron chi connectivity index (χ1n) is 9.01. The Kier molecular flexibility index (Phi) is 4.19. The molecule has 5 rings (SSSR count). The molecule has 0 saturated carbocycles. The summed E-state index contributed by atoms with van der Waals surface area (Å²) in [6.07, 6.45) is 1.85. The van der Waals surface area contributed by atoms with Crippen molar-refractivity contribution >= 4 is 37.1 Å². The van der Waals surface area contributed by atoms with E-state index in [9.17, 15) is 12.8 Å². The summed E-state index contributed by atoms with van der Waals surface area (Å²) < 4.78 is 44.3. The Morgan fingerprint density at radius 3 is 2.79 bits per heavy atom. The molecule has 0 saturated heterocycles. The molecule has 0 radical (unpaired) electrons. The van der Waals surface area contributed by atoms with E-state index in [0.29, 0.717) is 35.1 Å². The number of nitrogens with zero attached hydrogens (tertiary/aromatic N) is 3. The first-order valence-corrected chi connectivity index (χ1v) is 11.3. The average Bonchev–Trinajstić information content (AvgIpc) is 3.33. The standard InChI is InChI=1S/C20H17FN4O2S2/c21-15-6-5-13(9-16(15)22)17-10-24-7-8-25(11-20(24)23-17)29(26,27)19-12-28-18-4-2-1-3-14(18)19/h1-6,9-10,12H,7-8,11,22H2. The summed E-state index contributed by atoms with van der Waals surface area (Å²) in [6, 6.07) is 12.0. The van der Waals surface area contributed by atoms with Crippen LogP contribution in [0.4, 0.5) is 10.1 Å². The van der Waals surface area contributed by atoms with E-state index in [4.69, 9.17) is 5.73 Å². The third kappa shape index (κ3) is 3.02. The van der Waals surface area contributed by atoms with Gasteiger partial charge in [0.1, 0.15) is 16.5 Å². The van der Waals surface area contributed by atoms with Gasteiger partial charge in [0, 0.05) is 40.3 Å². The second-order valence-electron chi connectivity index (χ2n) is 6.91. The summed E-state index contributed by atoms with van der Waals surface area (Å²) >= 11 is 1.43. The summed E-state index contributed by atoms with van der Waals surface area (Å²) in [5, 5.41) is 2.45. The smallest absolute Gasteiger partial charge is 0.244 e. The second-order valence-corrected chi connectivity index (χ2v) is 9.72. The summed E-state index contributed by atoms with van der Waals surface area (Å²) in [4.78, 5) is 4.92. The Labute approximate surface area is 171 Å². The number of hydrogen-bond acceptors (Lipinski definition) is 5. The van der Waals surface area contributed by atoms with Crippen molar-refractivity contribution in [2.75, 3.05) is 12.3 Å². The average molecular weight is 429 g/mol. The van der Waals surface area contributed by atoms with Crippen molar-refractivity contribution in [3.05, 3.63) is 65.7 Å². The number of thiophene rings is 1. The zero-order valence-corrected chi connectivity index (χ0v) is 16.9. The fourth-order valence-electron chi connectivity index (χ4n) is 3.57. The van der Waals surface area contributed by atoms with Gasteiger partial charge in [-0.1, -0.05) is 18.2 Å². The molecule has 1 aliphatic rings. The van der Waals surface area contributed by atoms with Crippen LogP contribution in [0.15, 0.2) is 58.9 Å². The maximum Gasteiger partial charge on any atom is 0.244 e. The molecule has 0 fully saturated rings. The fraction of sp³-hybridized carbons (Fsp3) is 0.150. The number of aromatic nitrogens is 2. The van der Waals surface area contributed by atoms with Gasteiger partial charge in [-0.05, 0) is 24.3 Å². The zero-order chi connectivity index (χ0) is 20.2. The highest BCUT2D eigenvalue weighted by Crippen LogP contribution is 2.33. The highest BCUT2D eigenvalue weighted by atomic mass is 32.2. The van der Waals surface area contributed by atoms with E-state index in [1.165, 1.54) is 27.8 Å². The van der Waals surface area contributed by atoms with Gasteiger partial charge in [0.2, 0.25) is 10.0 Å². The summed E-state index contributed by atoms with van der Waals surface area (Å²) in [6.45, 7) is 1.05. The van der Waals surface area contributed by atoms with Crippen LogP contribution in [-0.2, 0) is 23.1 Å². The highest BCUT2D eigenvalue weighted by Gasteiger charge is 2.31. The SMILES string of the molecule is Nc1cc(-c2cn3c(n2)CN(S(=O)(=O)c2csc4ccccc24)CC3)ccc1F. The van der Waals surface area contributed by atoms with Crippen molar-refractivity contribution in [1.29, 1.82) is 0 Å². The number of anilines is 1. The van der Waals surface area contributed by atoms with Crippen LogP contribution in [-0.4, -0.2) is 28.8 Å². The predicted molar refractivity (Wildman–Crippen MR) is 111 cm³/mol. The third-order valence-corrected chi connectivity index (χ3v) is 8.12. The van der Waals surface area contributed by atoms with E-state index in [1.807, 2.05) is 35.0 Å². The van der Waals surface area contributed by atoms with Gasteiger partial charge in [-0.2, -0.15) is 4.31 Å². The Hall–Kier alpha value is -2.75. The van der Waals surface area contributed by atoms with Crippen molar-refractivity contribution in [3.8, 4) is 11.3 Å². The van der Waals surface area contributed by atoms with Gasteiger partial charge in [-0.15, -0.1) is 11.3 Å². The molecule has 2 aromatic heterocycles. The Morgan fingerprint density at radius 1 is 1.14 bits per heavy atom. The number of nitrogen functional groups attached to an aromatic ring is 1. The minimum atomic E-state index is -3.63. The molecule has 148 valence electrons. The molecule has 0 amide bonds. The van der Waals surface area contributed by atoms with Crippen LogP contribution in [0, 0.1) is 5.82 Å². The van der Waals surface area contributed by atoms with Gasteiger partial charge >= 0.3 is 0 Å². The lowest BCUT2D eigenvalue weighted by Gasteiger charge is -2.26. The molecule has 9 heteroatoms. The van der Waals surface area contributed by atoms with Crippen molar-refractivity contribution in [1.82, 2.24) is 13.9 Å². The van der Waals surface area contributed by atoms with E-state index < -0.39 is 15.8 Å². The molecule has 29 heavy (non-hydrogen) atoms. The van der Waals surface area contributed by atoms with Gasteiger partial charge in [-0.3, -0.25) is 0 Å². The molecule has 2 aromatic carbocycles. The monoisotopic (exact) mass is 428 g/mol. The Bertz CT molecular complexity index is 1340. The van der Waals surface area contributed by atoms with E-state index in [2.05, 4.69) is 4.98 Å². The van der Waals surface area contributed by atoms with Crippen LogP contribution in [0.5, 0.6) is 0 Å². The zero-order valence-electron chi connectivity index (χ0n) is 15.2. The highest BCUT2D eigenvalue weighted by molar-refractivity contribution is 7.89. The molecular weight excluding hydrogens is 411 g/mol. The van der Waals surface area contributed by atoms with E-state index in [1.54, 1.807) is 11.4 Å². The van der Waals surface area contributed by atoms with E-state index in [-0.39, 0.29) is 12.2 Å². The van der Waals surface area contributed by atoms with Gasteiger partial charge in [0.15, 0.2) is 0 Å². The number of nitrogens with two attached hydrogens (primary N) is 1. The number of halogens is 1. The molecule has 3 heterocycles. The van der Waals surface area contributed by atoms with Crippen molar-refractivity contribution < 1.29 is 12.8 Å². The minimum Gasteiger partial charge on any atom is -0.396 e. The number of rotatable bonds is 3. The van der Waals surface area contributed by atoms with Crippen LogP contribution in [0.2, 0.25) is 0 Å². The number of sulfonamides is 1. The van der Waals surface area contributed by atoms with E-state index in [0.717, 1.165) is 10.1 Å². The molecule has 0 atom stereocenters. The molecule has 4 aromatic rings. The lowest BCUT2D eigenvalue weighted by atomic mass is 10.1. The topological polar surface area (TPSA) is 81.2 Å². The number of fused-ring (bicyclic) bond motifs is 2. The Balaban J connectivity index is 1.48. The van der Waals surface area contributed by atoms with Crippen molar-refractivity contribution in [2.24, 2.45) is 0 Å². The van der Waals surface area contributed by atoms with Gasteiger partial charge in [0.25, 0.3) is 0 Å². The first-order chi connectivity index (χ1) is 13.9. The summed E-state index contributed by atoms with van der Waals surface area (Å²) in [5.74, 6) is 0.176. The normalized spacial score (nSPS) is 14.9. The summed E-state index contributed by atoms with van der Waals surface area (Å²) in [5.41, 5.74) is 7.06. The van der Waals surface area contributed by atoms with Crippen LogP contribution in [0.25, 0.3) is 21.3 Å². The molecule has 0 bridgehead atoms. The number of hydrogen-bond donors (Lipinski definition) is 1. The quantitative estimate of drug-likeness (QED) is 0.505. The third-order valence-electron chi connectivity index (χ3n) is 5.12. The molecule has 0 aliphatic carbocycles. The first kappa shape index (κ1) is 18.3. The maximum absolute atomic E-state index is 13.4. The summed E-state index contributed by atoms with van der Waals surface area (Å²) in [7, 11) is -3.63. The molecule has 0 spiro atoms. The predicted octanol–water partition coefficient (Wildman–Crippen LogP) is 3.69. The van der Waals surface area contributed by atoms with Crippen LogP contribution >= 0.6 is 11.3 Å². The molecule has 2 N–H and O–H groups in total. The molecule has 0 unspecified atom stereocenters. The molecular formula is C20H17FN4O2S2. The lowest BCUT2D eigenvalue weighted by Crippen LogP contribution is -2.38. The maximum atomic E-state index is 13.4. The van der Waals surface area contributed by atoms with E-state index >= 15 is 0 Å². The van der Waals surface area contributed by atoms with Gasteiger partial charge in [-0.25, -0.2) is 17.8 Å². The second kappa shape index (κ2) is 6.65.